The van der Waals surface area contributed by atoms with Crippen LogP contribution in [0.2, 0.25) is 0 Å². The number of halogens is 1. The maximum atomic E-state index is 12.7. The summed E-state index contributed by atoms with van der Waals surface area (Å²) in [5, 5.41) is 4.75. The van der Waals surface area contributed by atoms with E-state index in [0.717, 1.165) is 5.56 Å². The molecule has 17 heavy (non-hydrogen) atoms. The second kappa shape index (κ2) is 4.80. The zero-order chi connectivity index (χ0) is 12.3. The summed E-state index contributed by atoms with van der Waals surface area (Å²) in [7, 11) is 0. The van der Waals surface area contributed by atoms with Gasteiger partial charge in [0.2, 0.25) is 5.70 Å². The zero-order valence-corrected chi connectivity index (χ0v) is 9.11. The predicted molar refractivity (Wildman–Crippen MR) is 60.5 cm³/mol. The third-order valence-corrected chi connectivity index (χ3v) is 2.48. The van der Waals surface area contributed by atoms with E-state index in [1.807, 2.05) is 0 Å². The lowest BCUT2D eigenvalue weighted by Gasteiger charge is -2.05. The first-order valence-corrected chi connectivity index (χ1v) is 5.20. The SMILES string of the molecule is NC(=O)C1=C(NCc2ccc(F)cc2)C=C[NH2+]1. The van der Waals surface area contributed by atoms with Gasteiger partial charge in [-0.25, -0.2) is 4.39 Å². The van der Waals surface area contributed by atoms with E-state index in [2.05, 4.69) is 5.32 Å². The van der Waals surface area contributed by atoms with E-state index < -0.39 is 5.91 Å². The summed E-state index contributed by atoms with van der Waals surface area (Å²) in [6.45, 7) is 0.518. The number of primary amides is 1. The number of allylic oxidation sites excluding steroid dienone is 1. The van der Waals surface area contributed by atoms with E-state index in [9.17, 15) is 9.18 Å². The minimum atomic E-state index is -0.461. The largest absolute Gasteiger partial charge is 0.376 e. The summed E-state index contributed by atoms with van der Waals surface area (Å²) >= 11 is 0. The molecule has 0 atom stereocenters. The van der Waals surface area contributed by atoms with Crippen LogP contribution in [-0.2, 0) is 11.3 Å². The zero-order valence-electron chi connectivity index (χ0n) is 9.11. The Morgan fingerprint density at radius 2 is 2.06 bits per heavy atom. The highest BCUT2D eigenvalue weighted by Crippen LogP contribution is 2.05. The lowest BCUT2D eigenvalue weighted by molar-refractivity contribution is -0.525. The Hall–Kier alpha value is -2.14. The molecule has 0 unspecified atom stereocenters. The maximum Gasteiger partial charge on any atom is 0.305 e. The quantitative estimate of drug-likeness (QED) is 0.669. The van der Waals surface area contributed by atoms with Gasteiger partial charge in [-0.05, 0) is 17.7 Å². The van der Waals surface area contributed by atoms with Crippen LogP contribution in [0.15, 0.2) is 47.9 Å². The fraction of sp³-hybridized carbons (Fsp3) is 0.0833. The molecule has 0 aliphatic carbocycles. The molecule has 88 valence electrons. The van der Waals surface area contributed by atoms with Crippen LogP contribution in [-0.4, -0.2) is 5.91 Å². The minimum Gasteiger partial charge on any atom is -0.376 e. The second-order valence-electron chi connectivity index (χ2n) is 3.70. The highest BCUT2D eigenvalue weighted by atomic mass is 19.1. The topological polar surface area (TPSA) is 71.7 Å². The second-order valence-corrected chi connectivity index (χ2v) is 3.70. The Morgan fingerprint density at radius 3 is 2.71 bits per heavy atom. The molecule has 0 saturated heterocycles. The first kappa shape index (κ1) is 11.3. The molecule has 0 radical (unpaired) electrons. The fourth-order valence-corrected chi connectivity index (χ4v) is 1.59. The summed E-state index contributed by atoms with van der Waals surface area (Å²) in [4.78, 5) is 11.1. The van der Waals surface area contributed by atoms with Crippen LogP contribution in [0.3, 0.4) is 0 Å². The molecule has 1 heterocycles. The van der Waals surface area contributed by atoms with E-state index in [-0.39, 0.29) is 5.82 Å². The number of amides is 1. The Bertz CT molecular complexity index is 491. The normalized spacial score (nSPS) is 14.2. The first-order valence-electron chi connectivity index (χ1n) is 5.20. The van der Waals surface area contributed by atoms with Gasteiger partial charge in [0.05, 0.1) is 0 Å². The van der Waals surface area contributed by atoms with Crippen LogP contribution in [0.5, 0.6) is 0 Å². The van der Waals surface area contributed by atoms with Crippen molar-refractivity contribution in [3.05, 3.63) is 59.3 Å². The van der Waals surface area contributed by atoms with Gasteiger partial charge in [0.15, 0.2) is 0 Å². The third kappa shape index (κ3) is 2.70. The molecule has 0 spiro atoms. The fourth-order valence-electron chi connectivity index (χ4n) is 1.59. The van der Waals surface area contributed by atoms with E-state index in [4.69, 9.17) is 5.73 Å². The van der Waals surface area contributed by atoms with Crippen molar-refractivity contribution in [1.29, 1.82) is 0 Å². The number of carbonyl (C=O) groups excluding carboxylic acids is 1. The summed E-state index contributed by atoms with van der Waals surface area (Å²) in [6, 6.07) is 6.18. The van der Waals surface area contributed by atoms with Gasteiger partial charge < -0.3 is 11.1 Å². The maximum absolute atomic E-state index is 12.7. The molecule has 2 rings (SSSR count). The molecule has 0 bridgehead atoms. The lowest BCUT2D eigenvalue weighted by atomic mass is 10.2. The molecule has 1 aromatic carbocycles. The van der Waals surface area contributed by atoms with Crippen molar-refractivity contribution in [2.24, 2.45) is 5.73 Å². The summed E-state index contributed by atoms with van der Waals surface area (Å²) < 4.78 is 12.7. The predicted octanol–water partition coefficient (Wildman–Crippen LogP) is -0.297. The molecule has 4 nitrogen and oxygen atoms in total. The van der Waals surface area contributed by atoms with Gasteiger partial charge >= 0.3 is 5.91 Å². The van der Waals surface area contributed by atoms with Crippen LogP contribution in [0.1, 0.15) is 5.56 Å². The van der Waals surface area contributed by atoms with Crippen molar-refractivity contribution in [1.82, 2.24) is 5.32 Å². The van der Waals surface area contributed by atoms with E-state index >= 15 is 0 Å². The van der Waals surface area contributed by atoms with Crippen molar-refractivity contribution >= 4 is 5.91 Å². The van der Waals surface area contributed by atoms with Crippen LogP contribution in [0, 0.1) is 5.82 Å². The van der Waals surface area contributed by atoms with Crippen LogP contribution < -0.4 is 16.4 Å². The standard InChI is InChI=1S/C12H12FN3O/c13-9-3-1-8(2-4-9)7-16-10-5-6-15-11(10)12(14)17/h1-6,15-16H,7H2,(H2,14,17)/p+1. The number of carbonyl (C=O) groups is 1. The van der Waals surface area contributed by atoms with Gasteiger partial charge in [0.1, 0.15) is 17.7 Å². The monoisotopic (exact) mass is 234 g/mol. The number of hydrogen-bond donors (Lipinski definition) is 3. The molecule has 1 aliphatic heterocycles. The Labute approximate surface area is 98.0 Å². The molecule has 0 saturated carbocycles. The minimum absolute atomic E-state index is 0.264. The van der Waals surface area contributed by atoms with Crippen molar-refractivity contribution in [2.45, 2.75) is 6.54 Å². The summed E-state index contributed by atoms with van der Waals surface area (Å²) in [6.07, 6.45) is 3.54. The first-order chi connectivity index (χ1) is 8.16. The molecule has 0 fully saturated rings. The van der Waals surface area contributed by atoms with Crippen molar-refractivity contribution in [2.75, 3.05) is 0 Å². The molecule has 1 aromatic rings. The molecule has 5 N–H and O–H groups in total. The molecule has 1 amide bonds. The van der Waals surface area contributed by atoms with Crippen LogP contribution >= 0.6 is 0 Å². The van der Waals surface area contributed by atoms with Gasteiger partial charge in [-0.3, -0.25) is 10.1 Å². The van der Waals surface area contributed by atoms with Gasteiger partial charge in [-0.1, -0.05) is 12.1 Å². The van der Waals surface area contributed by atoms with Gasteiger partial charge in [-0.15, -0.1) is 0 Å². The van der Waals surface area contributed by atoms with E-state index in [1.54, 1.807) is 29.7 Å². The van der Waals surface area contributed by atoms with E-state index in [0.29, 0.717) is 17.9 Å². The van der Waals surface area contributed by atoms with Gasteiger partial charge in [0, 0.05) is 12.6 Å². The summed E-state index contributed by atoms with van der Waals surface area (Å²) in [5.74, 6) is -0.725. The average molecular weight is 234 g/mol. The number of quaternary nitrogens is 1. The molecular formula is C12H13FN3O+. The number of hydrogen-bond acceptors (Lipinski definition) is 2. The lowest BCUT2D eigenvalue weighted by Crippen LogP contribution is -2.77. The summed E-state index contributed by atoms with van der Waals surface area (Å²) in [5.41, 5.74) is 7.31. The van der Waals surface area contributed by atoms with Crippen LogP contribution in [0.4, 0.5) is 4.39 Å². The van der Waals surface area contributed by atoms with Crippen LogP contribution in [0.25, 0.3) is 0 Å². The molecular weight excluding hydrogens is 221 g/mol. The van der Waals surface area contributed by atoms with E-state index in [1.165, 1.54) is 12.1 Å². The average Bonchev–Trinajstić information content (AvgIpc) is 2.76. The number of nitrogens with two attached hydrogens (primary N) is 2. The van der Waals surface area contributed by atoms with Crippen molar-refractivity contribution in [3.63, 3.8) is 0 Å². The molecule has 5 heteroatoms. The molecule has 1 aliphatic rings. The smallest absolute Gasteiger partial charge is 0.305 e. The Kier molecular flexibility index (Phi) is 3.20. The van der Waals surface area contributed by atoms with Crippen molar-refractivity contribution in [3.8, 4) is 0 Å². The number of benzene rings is 1. The third-order valence-electron chi connectivity index (χ3n) is 2.48. The Morgan fingerprint density at radius 1 is 1.35 bits per heavy atom. The highest BCUT2D eigenvalue weighted by molar-refractivity contribution is 5.90. The number of rotatable bonds is 4. The van der Waals surface area contributed by atoms with Gasteiger partial charge in [-0.2, -0.15) is 0 Å². The molecule has 0 aromatic heterocycles. The van der Waals surface area contributed by atoms with Gasteiger partial charge in [0.25, 0.3) is 0 Å². The highest BCUT2D eigenvalue weighted by Gasteiger charge is 2.18. The number of nitrogens with one attached hydrogen (secondary N) is 1. The Balaban J connectivity index is 2.03. The van der Waals surface area contributed by atoms with Crippen molar-refractivity contribution < 1.29 is 14.5 Å².